The van der Waals surface area contributed by atoms with Crippen LogP contribution in [0.25, 0.3) is 0 Å². The molecule has 1 unspecified atom stereocenters. The van der Waals surface area contributed by atoms with Gasteiger partial charge in [0.05, 0.1) is 28.9 Å². The van der Waals surface area contributed by atoms with Gasteiger partial charge in [0, 0.05) is 16.6 Å². The summed E-state index contributed by atoms with van der Waals surface area (Å²) in [6, 6.07) is 13.3. The molecule has 1 saturated heterocycles. The van der Waals surface area contributed by atoms with Crippen molar-refractivity contribution < 1.29 is 23.9 Å². The molecule has 2 aromatic rings. The average molecular weight is 491 g/mol. The number of carbonyl (C=O) groups excluding carboxylic acids is 4. The molecule has 0 bridgehead atoms. The molecule has 1 N–H and O–H groups in total. The molecule has 1 aliphatic heterocycles. The van der Waals surface area contributed by atoms with Crippen LogP contribution in [0, 0.1) is 0 Å². The van der Waals surface area contributed by atoms with Crippen molar-refractivity contribution in [3.63, 3.8) is 0 Å². The predicted molar refractivity (Wildman–Crippen MR) is 119 cm³/mol. The minimum Gasteiger partial charge on any atom is -0.462 e. The van der Waals surface area contributed by atoms with Gasteiger partial charge in [0.25, 0.3) is 0 Å². The molecule has 1 fully saturated rings. The zero-order valence-corrected chi connectivity index (χ0v) is 18.5. The maximum absolute atomic E-state index is 12.6. The first kappa shape index (κ1) is 22.0. The second-order valence-corrected chi connectivity index (χ2v) is 8.50. The number of thioether (sulfide) groups is 1. The highest BCUT2D eigenvalue weighted by Crippen LogP contribution is 2.30. The van der Waals surface area contributed by atoms with E-state index >= 15 is 0 Å². The Bertz CT molecular complexity index is 962. The van der Waals surface area contributed by atoms with Crippen molar-refractivity contribution in [2.24, 2.45) is 0 Å². The van der Waals surface area contributed by atoms with Crippen molar-refractivity contribution in [3.05, 3.63) is 58.6 Å². The summed E-state index contributed by atoms with van der Waals surface area (Å²) in [4.78, 5) is 50.0. The van der Waals surface area contributed by atoms with Gasteiger partial charge in [0.1, 0.15) is 0 Å². The zero-order chi connectivity index (χ0) is 21.7. The molecule has 30 heavy (non-hydrogen) atoms. The quantitative estimate of drug-likeness (QED) is 0.470. The minimum absolute atomic E-state index is 0.0253. The number of hydrogen-bond donors (Lipinski definition) is 1. The number of halogens is 1. The Morgan fingerprint density at radius 3 is 2.43 bits per heavy atom. The van der Waals surface area contributed by atoms with Gasteiger partial charge >= 0.3 is 5.97 Å². The lowest BCUT2D eigenvalue weighted by Gasteiger charge is -2.15. The number of carbonyl (C=O) groups is 4. The highest BCUT2D eigenvalue weighted by Gasteiger charge is 2.40. The number of esters is 1. The minimum atomic E-state index is -0.599. The van der Waals surface area contributed by atoms with Crippen LogP contribution < -0.4 is 10.2 Å². The number of nitrogens with one attached hydrogen (secondary N) is 1. The monoisotopic (exact) mass is 490 g/mol. The number of amides is 3. The highest BCUT2D eigenvalue weighted by molar-refractivity contribution is 9.10. The van der Waals surface area contributed by atoms with E-state index in [0.29, 0.717) is 16.9 Å². The van der Waals surface area contributed by atoms with Crippen molar-refractivity contribution in [3.8, 4) is 0 Å². The lowest BCUT2D eigenvalue weighted by Crippen LogP contribution is -2.31. The summed E-state index contributed by atoms with van der Waals surface area (Å²) in [7, 11) is 0. The number of anilines is 2. The number of rotatable bonds is 7. The molecule has 9 heteroatoms. The highest BCUT2D eigenvalue weighted by atomic mass is 79.9. The van der Waals surface area contributed by atoms with E-state index in [1.165, 1.54) is 0 Å². The van der Waals surface area contributed by atoms with Crippen LogP contribution in [0.2, 0.25) is 0 Å². The van der Waals surface area contributed by atoms with E-state index in [1.54, 1.807) is 55.5 Å². The lowest BCUT2D eigenvalue weighted by atomic mass is 10.2. The molecule has 2 aromatic carbocycles. The molecule has 156 valence electrons. The Labute approximate surface area is 186 Å². The standard InChI is InChI=1S/C21H19BrN2O5S/c1-2-29-21(28)13-3-7-15(8-4-13)23-18(25)12-30-17-11-19(26)24(20(17)27)16-9-5-14(22)6-10-16/h3-10,17H,2,11-12H2,1H3,(H,23,25). The molecule has 3 amide bonds. The van der Waals surface area contributed by atoms with Crippen LogP contribution in [0.15, 0.2) is 53.0 Å². The molecule has 0 aliphatic carbocycles. The molecule has 1 aliphatic rings. The number of nitrogens with zero attached hydrogens (tertiary/aromatic N) is 1. The van der Waals surface area contributed by atoms with Crippen LogP contribution in [0.4, 0.5) is 11.4 Å². The van der Waals surface area contributed by atoms with Crippen molar-refractivity contribution in [1.29, 1.82) is 0 Å². The summed E-state index contributed by atoms with van der Waals surface area (Å²) in [5.74, 6) is -1.30. The van der Waals surface area contributed by atoms with Gasteiger partial charge in [-0.3, -0.25) is 14.4 Å². The molecule has 0 aromatic heterocycles. The fourth-order valence-corrected chi connectivity index (χ4v) is 4.07. The van der Waals surface area contributed by atoms with Gasteiger partial charge in [-0.2, -0.15) is 0 Å². The fourth-order valence-electron chi connectivity index (χ4n) is 2.87. The average Bonchev–Trinajstić information content (AvgIpc) is 3.01. The van der Waals surface area contributed by atoms with Crippen LogP contribution in [-0.4, -0.2) is 41.3 Å². The SMILES string of the molecule is CCOC(=O)c1ccc(NC(=O)CSC2CC(=O)N(c3ccc(Br)cc3)C2=O)cc1. The summed E-state index contributed by atoms with van der Waals surface area (Å²) in [5, 5.41) is 2.11. The van der Waals surface area contributed by atoms with Crippen molar-refractivity contribution in [1.82, 2.24) is 0 Å². The van der Waals surface area contributed by atoms with E-state index in [9.17, 15) is 19.2 Å². The second kappa shape index (κ2) is 9.90. The molecule has 3 rings (SSSR count). The van der Waals surface area contributed by atoms with Gasteiger partial charge in [-0.1, -0.05) is 15.9 Å². The normalized spacial score (nSPS) is 15.9. The summed E-state index contributed by atoms with van der Waals surface area (Å²) in [5.41, 5.74) is 1.44. The van der Waals surface area contributed by atoms with E-state index in [4.69, 9.17) is 4.74 Å². The molecule has 7 nitrogen and oxygen atoms in total. The van der Waals surface area contributed by atoms with Crippen LogP contribution >= 0.6 is 27.7 Å². The van der Waals surface area contributed by atoms with E-state index in [-0.39, 0.29) is 36.5 Å². The fraction of sp³-hybridized carbons (Fsp3) is 0.238. The van der Waals surface area contributed by atoms with Crippen molar-refractivity contribution in [2.75, 3.05) is 22.6 Å². The number of hydrogen-bond acceptors (Lipinski definition) is 6. The van der Waals surface area contributed by atoms with Gasteiger partial charge < -0.3 is 10.1 Å². The largest absolute Gasteiger partial charge is 0.462 e. The van der Waals surface area contributed by atoms with Crippen molar-refractivity contribution >= 4 is 62.8 Å². The third-order valence-electron chi connectivity index (χ3n) is 4.29. The summed E-state index contributed by atoms with van der Waals surface area (Å²) in [6.07, 6.45) is 0.0566. The first-order valence-electron chi connectivity index (χ1n) is 9.20. The van der Waals surface area contributed by atoms with Crippen LogP contribution in [0.3, 0.4) is 0 Å². The van der Waals surface area contributed by atoms with Gasteiger partial charge in [-0.05, 0) is 55.5 Å². The Balaban J connectivity index is 1.53. The maximum Gasteiger partial charge on any atom is 0.338 e. The topological polar surface area (TPSA) is 92.8 Å². The number of ether oxygens (including phenoxy) is 1. The maximum atomic E-state index is 12.6. The van der Waals surface area contributed by atoms with E-state index in [0.717, 1.165) is 21.1 Å². The van der Waals surface area contributed by atoms with Gasteiger partial charge in [0.15, 0.2) is 0 Å². The number of imide groups is 1. The molecule has 1 atom stereocenters. The Morgan fingerprint density at radius 1 is 1.13 bits per heavy atom. The molecular formula is C21H19BrN2O5S. The summed E-state index contributed by atoms with van der Waals surface area (Å²) < 4.78 is 5.76. The first-order valence-corrected chi connectivity index (χ1v) is 11.0. The number of benzene rings is 2. The second-order valence-electron chi connectivity index (χ2n) is 6.39. The van der Waals surface area contributed by atoms with Crippen LogP contribution in [-0.2, 0) is 19.1 Å². The zero-order valence-electron chi connectivity index (χ0n) is 16.1. The Morgan fingerprint density at radius 2 is 1.80 bits per heavy atom. The van der Waals surface area contributed by atoms with Crippen LogP contribution in [0.1, 0.15) is 23.7 Å². The Hall–Kier alpha value is -2.65. The molecular weight excluding hydrogens is 472 g/mol. The summed E-state index contributed by atoms with van der Waals surface area (Å²) in [6.45, 7) is 2.01. The van der Waals surface area contributed by atoms with Crippen molar-refractivity contribution in [2.45, 2.75) is 18.6 Å². The molecule has 0 radical (unpaired) electrons. The molecule has 0 spiro atoms. The predicted octanol–water partition coefficient (Wildman–Crippen LogP) is 3.63. The smallest absolute Gasteiger partial charge is 0.338 e. The van der Waals surface area contributed by atoms with E-state index in [2.05, 4.69) is 21.2 Å². The van der Waals surface area contributed by atoms with E-state index in [1.807, 2.05) is 0 Å². The first-order chi connectivity index (χ1) is 14.4. The van der Waals surface area contributed by atoms with Gasteiger partial charge in [-0.25, -0.2) is 9.69 Å². The summed E-state index contributed by atoms with van der Waals surface area (Å²) >= 11 is 4.45. The third-order valence-corrected chi connectivity index (χ3v) is 6.01. The Kier molecular flexibility index (Phi) is 7.28. The third kappa shape index (κ3) is 5.28. The van der Waals surface area contributed by atoms with Gasteiger partial charge in [-0.15, -0.1) is 11.8 Å². The molecule has 1 heterocycles. The van der Waals surface area contributed by atoms with E-state index < -0.39 is 11.2 Å². The lowest BCUT2D eigenvalue weighted by molar-refractivity contribution is -0.121. The molecule has 0 saturated carbocycles. The van der Waals surface area contributed by atoms with Gasteiger partial charge in [0.2, 0.25) is 17.7 Å². The van der Waals surface area contributed by atoms with Crippen LogP contribution in [0.5, 0.6) is 0 Å².